The lowest BCUT2D eigenvalue weighted by Crippen LogP contribution is -2.38. The number of aliphatic hydroxyl groups excluding tert-OH is 1. The molecule has 5 heteroatoms. The van der Waals surface area contributed by atoms with E-state index < -0.39 is 10.0 Å². The molecule has 1 aromatic rings. The lowest BCUT2D eigenvalue weighted by molar-refractivity contribution is 0.282. The van der Waals surface area contributed by atoms with Gasteiger partial charge in [-0.1, -0.05) is 24.3 Å². The largest absolute Gasteiger partial charge is 0.392 e. The van der Waals surface area contributed by atoms with Gasteiger partial charge in [0.2, 0.25) is 10.0 Å². The second-order valence-corrected chi connectivity index (χ2v) is 7.81. The van der Waals surface area contributed by atoms with Crippen LogP contribution in [-0.2, 0) is 22.4 Å². The zero-order chi connectivity index (χ0) is 14.2. The van der Waals surface area contributed by atoms with Crippen molar-refractivity contribution in [1.82, 2.24) is 4.72 Å². The van der Waals surface area contributed by atoms with Crippen LogP contribution < -0.4 is 4.72 Å². The van der Waals surface area contributed by atoms with Crippen LogP contribution in [0, 0.1) is 11.8 Å². The monoisotopic (exact) mass is 295 g/mol. The SMILES string of the molecule is O=S(=O)(Cc1cccc(CO)c1)NC(C1CC1)C1CC1. The van der Waals surface area contributed by atoms with Crippen molar-refractivity contribution in [1.29, 1.82) is 0 Å². The molecular formula is C15H21NO3S. The number of sulfonamides is 1. The zero-order valence-corrected chi connectivity index (χ0v) is 12.3. The van der Waals surface area contributed by atoms with Crippen LogP contribution in [0.25, 0.3) is 0 Å². The van der Waals surface area contributed by atoms with Crippen molar-refractivity contribution in [2.45, 2.75) is 44.1 Å². The smallest absolute Gasteiger partial charge is 0.216 e. The first-order chi connectivity index (χ1) is 9.57. The van der Waals surface area contributed by atoms with Gasteiger partial charge in [-0.15, -0.1) is 0 Å². The van der Waals surface area contributed by atoms with Crippen LogP contribution in [0.3, 0.4) is 0 Å². The predicted molar refractivity (Wildman–Crippen MR) is 77.4 cm³/mol. The highest BCUT2D eigenvalue weighted by atomic mass is 32.2. The normalized spacial score (nSPS) is 19.5. The first kappa shape index (κ1) is 14.0. The molecule has 0 saturated heterocycles. The number of aliphatic hydroxyl groups is 1. The number of benzene rings is 1. The first-order valence-corrected chi connectivity index (χ1v) is 8.91. The van der Waals surface area contributed by atoms with E-state index in [2.05, 4.69) is 4.72 Å². The molecule has 0 radical (unpaired) electrons. The Morgan fingerprint density at radius 1 is 1.15 bits per heavy atom. The van der Waals surface area contributed by atoms with Gasteiger partial charge in [0.15, 0.2) is 0 Å². The summed E-state index contributed by atoms with van der Waals surface area (Å²) in [5.41, 5.74) is 1.48. The summed E-state index contributed by atoms with van der Waals surface area (Å²) in [6, 6.07) is 7.28. The van der Waals surface area contributed by atoms with E-state index in [-0.39, 0.29) is 18.4 Å². The summed E-state index contributed by atoms with van der Waals surface area (Å²) in [6.45, 7) is -0.0614. The molecular weight excluding hydrogens is 274 g/mol. The minimum absolute atomic E-state index is 0.00319. The summed E-state index contributed by atoms with van der Waals surface area (Å²) < 4.78 is 27.5. The quantitative estimate of drug-likeness (QED) is 0.806. The summed E-state index contributed by atoms with van der Waals surface area (Å²) in [4.78, 5) is 0. The second-order valence-electron chi connectivity index (χ2n) is 6.06. The fraction of sp³-hybridized carbons (Fsp3) is 0.600. The van der Waals surface area contributed by atoms with E-state index in [0.29, 0.717) is 11.8 Å². The molecule has 20 heavy (non-hydrogen) atoms. The minimum atomic E-state index is -3.30. The minimum Gasteiger partial charge on any atom is -0.392 e. The summed E-state index contributed by atoms with van der Waals surface area (Å²) in [5, 5.41) is 9.10. The Morgan fingerprint density at radius 3 is 2.30 bits per heavy atom. The first-order valence-electron chi connectivity index (χ1n) is 7.26. The number of hydrogen-bond acceptors (Lipinski definition) is 3. The van der Waals surface area contributed by atoms with Crippen LogP contribution in [0.15, 0.2) is 24.3 Å². The van der Waals surface area contributed by atoms with Crippen molar-refractivity contribution in [3.05, 3.63) is 35.4 Å². The van der Waals surface area contributed by atoms with Crippen molar-refractivity contribution in [3.63, 3.8) is 0 Å². The highest BCUT2D eigenvalue weighted by Gasteiger charge is 2.43. The fourth-order valence-corrected chi connectivity index (χ4v) is 4.28. The van der Waals surface area contributed by atoms with Gasteiger partial charge in [-0.25, -0.2) is 13.1 Å². The highest BCUT2D eigenvalue weighted by Crippen LogP contribution is 2.44. The highest BCUT2D eigenvalue weighted by molar-refractivity contribution is 7.88. The molecule has 1 aromatic carbocycles. The lowest BCUT2D eigenvalue weighted by Gasteiger charge is -2.17. The summed E-state index contributed by atoms with van der Waals surface area (Å²) >= 11 is 0. The molecule has 0 amide bonds. The Bertz CT molecular complexity index is 565. The maximum Gasteiger partial charge on any atom is 0.216 e. The molecule has 0 unspecified atom stereocenters. The van der Waals surface area contributed by atoms with Gasteiger partial charge in [-0.2, -0.15) is 0 Å². The third kappa shape index (κ3) is 3.59. The van der Waals surface area contributed by atoms with Crippen LogP contribution in [0.2, 0.25) is 0 Å². The fourth-order valence-electron chi connectivity index (χ4n) is 2.77. The van der Waals surface area contributed by atoms with Gasteiger partial charge in [0, 0.05) is 6.04 Å². The molecule has 2 saturated carbocycles. The van der Waals surface area contributed by atoms with Crippen molar-refractivity contribution in [2.75, 3.05) is 0 Å². The molecule has 2 fully saturated rings. The average Bonchev–Trinajstić information content (AvgIpc) is 3.29. The van der Waals surface area contributed by atoms with Crippen LogP contribution >= 0.6 is 0 Å². The standard InChI is InChI=1S/C15H21NO3S/c17-9-11-2-1-3-12(8-11)10-20(18,19)16-15(13-4-5-13)14-6-7-14/h1-3,8,13-17H,4-7,9-10H2. The van der Waals surface area contributed by atoms with E-state index in [1.807, 2.05) is 0 Å². The van der Waals surface area contributed by atoms with Gasteiger partial charge in [0.1, 0.15) is 0 Å². The van der Waals surface area contributed by atoms with Gasteiger partial charge >= 0.3 is 0 Å². The Hall–Kier alpha value is -0.910. The maximum absolute atomic E-state index is 12.3. The Balaban J connectivity index is 1.67. The van der Waals surface area contributed by atoms with Gasteiger partial charge < -0.3 is 5.11 Å². The van der Waals surface area contributed by atoms with Crippen LogP contribution in [0.5, 0.6) is 0 Å². The third-order valence-electron chi connectivity index (χ3n) is 4.11. The van der Waals surface area contributed by atoms with Crippen molar-refractivity contribution < 1.29 is 13.5 Å². The molecule has 0 heterocycles. The number of nitrogens with one attached hydrogen (secondary N) is 1. The third-order valence-corrected chi connectivity index (χ3v) is 5.45. The topological polar surface area (TPSA) is 66.4 Å². The van der Waals surface area contributed by atoms with Gasteiger partial charge in [-0.05, 0) is 48.6 Å². The molecule has 0 aliphatic heterocycles. The summed E-state index contributed by atoms with van der Waals surface area (Å²) in [7, 11) is -3.30. The lowest BCUT2D eigenvalue weighted by atomic mass is 10.1. The molecule has 0 spiro atoms. The van der Waals surface area contributed by atoms with Crippen LogP contribution in [-0.4, -0.2) is 19.6 Å². The molecule has 110 valence electrons. The van der Waals surface area contributed by atoms with E-state index in [0.717, 1.165) is 36.8 Å². The van der Waals surface area contributed by atoms with Crippen molar-refractivity contribution in [2.24, 2.45) is 11.8 Å². The second kappa shape index (κ2) is 5.47. The van der Waals surface area contributed by atoms with E-state index in [1.165, 1.54) is 0 Å². The summed E-state index contributed by atoms with van der Waals surface area (Å²) in [5.74, 6) is 1.11. The van der Waals surface area contributed by atoms with E-state index in [1.54, 1.807) is 24.3 Å². The molecule has 0 atom stereocenters. The van der Waals surface area contributed by atoms with Gasteiger partial charge in [0.25, 0.3) is 0 Å². The number of hydrogen-bond donors (Lipinski definition) is 2. The van der Waals surface area contributed by atoms with Crippen molar-refractivity contribution in [3.8, 4) is 0 Å². The van der Waals surface area contributed by atoms with Crippen LogP contribution in [0.1, 0.15) is 36.8 Å². The molecule has 2 aliphatic rings. The molecule has 3 rings (SSSR count). The van der Waals surface area contributed by atoms with E-state index in [9.17, 15) is 8.42 Å². The van der Waals surface area contributed by atoms with Crippen LogP contribution in [0.4, 0.5) is 0 Å². The molecule has 2 aliphatic carbocycles. The summed E-state index contributed by atoms with van der Waals surface area (Å²) in [6.07, 6.45) is 4.63. The number of rotatable bonds is 7. The molecule has 2 N–H and O–H groups in total. The Morgan fingerprint density at radius 2 is 1.75 bits per heavy atom. The van der Waals surface area contributed by atoms with E-state index >= 15 is 0 Å². The van der Waals surface area contributed by atoms with Gasteiger partial charge in [0.05, 0.1) is 12.4 Å². The Labute approximate surface area is 120 Å². The molecule has 0 aromatic heterocycles. The Kier molecular flexibility index (Phi) is 3.84. The average molecular weight is 295 g/mol. The molecule has 4 nitrogen and oxygen atoms in total. The van der Waals surface area contributed by atoms with Crippen molar-refractivity contribution >= 4 is 10.0 Å². The zero-order valence-electron chi connectivity index (χ0n) is 11.5. The predicted octanol–water partition coefficient (Wildman–Crippen LogP) is 1.79. The molecule has 0 bridgehead atoms. The van der Waals surface area contributed by atoms with Gasteiger partial charge in [-0.3, -0.25) is 0 Å². The van der Waals surface area contributed by atoms with E-state index in [4.69, 9.17) is 5.11 Å². The maximum atomic E-state index is 12.3.